The molecule has 0 saturated carbocycles. The van der Waals surface area contributed by atoms with Crippen molar-refractivity contribution in [2.24, 2.45) is 5.92 Å². The molecule has 15 heavy (non-hydrogen) atoms. The third kappa shape index (κ3) is 4.17. The Balaban J connectivity index is 2.43. The molecule has 0 aromatic carbocycles. The second kappa shape index (κ2) is 4.94. The largest absolute Gasteiger partial charge is 0.341 e. The van der Waals surface area contributed by atoms with Gasteiger partial charge in [-0.05, 0) is 25.9 Å². The van der Waals surface area contributed by atoms with Gasteiger partial charge in [-0.1, -0.05) is 0 Å². The number of nitrogens with zero attached hydrogens (tertiary/aromatic N) is 1. The van der Waals surface area contributed by atoms with Crippen LogP contribution >= 0.6 is 0 Å². The van der Waals surface area contributed by atoms with Crippen LogP contribution in [0.2, 0.25) is 0 Å². The molecule has 1 fully saturated rings. The third-order valence-corrected chi connectivity index (χ3v) is 3.29. The van der Waals surface area contributed by atoms with Gasteiger partial charge in [0.05, 0.1) is 0 Å². The minimum Gasteiger partial charge on any atom is -0.341 e. The van der Waals surface area contributed by atoms with Crippen LogP contribution in [-0.2, 0) is 14.6 Å². The summed E-state index contributed by atoms with van der Waals surface area (Å²) in [5.74, 6) is -0.172. The number of hydrogen-bond donors (Lipinski definition) is 1. The Morgan fingerprint density at radius 2 is 2.20 bits per heavy atom. The highest BCUT2D eigenvalue weighted by molar-refractivity contribution is 7.91. The smallest absolute Gasteiger partial charge is 0.237 e. The Kier molecular flexibility index (Phi) is 4.10. The molecular formula is C9H18N2O3S. The topological polar surface area (TPSA) is 66.5 Å². The summed E-state index contributed by atoms with van der Waals surface area (Å²) >= 11 is 0. The van der Waals surface area contributed by atoms with Gasteiger partial charge in [0.25, 0.3) is 0 Å². The molecule has 1 aliphatic rings. The van der Waals surface area contributed by atoms with Crippen LogP contribution in [0.25, 0.3) is 0 Å². The van der Waals surface area contributed by atoms with Crippen LogP contribution in [0.5, 0.6) is 0 Å². The predicted molar refractivity (Wildman–Crippen MR) is 58.3 cm³/mol. The van der Waals surface area contributed by atoms with Gasteiger partial charge >= 0.3 is 0 Å². The second-order valence-electron chi connectivity index (χ2n) is 4.12. The van der Waals surface area contributed by atoms with Gasteiger partial charge in [0, 0.05) is 19.3 Å². The van der Waals surface area contributed by atoms with Gasteiger partial charge in [-0.25, -0.2) is 8.42 Å². The SMILES string of the molecule is CNCC1CCN(C(=O)CS(C)(=O)=O)C1. The highest BCUT2D eigenvalue weighted by atomic mass is 32.2. The zero-order chi connectivity index (χ0) is 11.5. The van der Waals surface area contributed by atoms with Crippen molar-refractivity contribution in [3.63, 3.8) is 0 Å². The normalized spacial score (nSPS) is 22.0. The van der Waals surface area contributed by atoms with Crippen molar-refractivity contribution < 1.29 is 13.2 Å². The first-order valence-electron chi connectivity index (χ1n) is 5.02. The fraction of sp³-hybridized carbons (Fsp3) is 0.889. The summed E-state index contributed by atoms with van der Waals surface area (Å²) < 4.78 is 21.9. The van der Waals surface area contributed by atoms with Crippen molar-refractivity contribution in [1.82, 2.24) is 10.2 Å². The fourth-order valence-corrected chi connectivity index (χ4v) is 2.46. The van der Waals surface area contributed by atoms with E-state index in [0.29, 0.717) is 19.0 Å². The summed E-state index contributed by atoms with van der Waals surface area (Å²) in [6.07, 6.45) is 2.04. The van der Waals surface area contributed by atoms with E-state index in [1.165, 1.54) is 0 Å². The van der Waals surface area contributed by atoms with Crippen molar-refractivity contribution in [2.75, 3.05) is 38.7 Å². The lowest BCUT2D eigenvalue weighted by atomic mass is 10.1. The van der Waals surface area contributed by atoms with Gasteiger partial charge in [-0.3, -0.25) is 4.79 Å². The lowest BCUT2D eigenvalue weighted by Crippen LogP contribution is -2.34. The number of rotatable bonds is 4. The minimum atomic E-state index is -3.20. The Bertz CT molecular complexity index is 326. The Labute approximate surface area is 90.7 Å². The van der Waals surface area contributed by atoms with Crippen LogP contribution in [-0.4, -0.2) is 57.9 Å². The van der Waals surface area contributed by atoms with Crippen molar-refractivity contribution >= 4 is 15.7 Å². The van der Waals surface area contributed by atoms with Gasteiger partial charge in [-0.15, -0.1) is 0 Å². The quantitative estimate of drug-likeness (QED) is 0.684. The molecule has 1 atom stereocenters. The van der Waals surface area contributed by atoms with Gasteiger partial charge in [0.2, 0.25) is 5.91 Å². The zero-order valence-electron chi connectivity index (χ0n) is 9.19. The molecular weight excluding hydrogens is 216 g/mol. The van der Waals surface area contributed by atoms with E-state index in [1.807, 2.05) is 7.05 Å². The predicted octanol–water partition coefficient (Wildman–Crippen LogP) is -0.901. The minimum absolute atomic E-state index is 0.267. The average molecular weight is 234 g/mol. The summed E-state index contributed by atoms with van der Waals surface area (Å²) in [4.78, 5) is 13.2. The molecule has 0 radical (unpaired) electrons. The molecule has 1 saturated heterocycles. The summed E-state index contributed by atoms with van der Waals surface area (Å²) in [6.45, 7) is 2.23. The molecule has 1 unspecified atom stereocenters. The van der Waals surface area contributed by atoms with Gasteiger partial charge < -0.3 is 10.2 Å². The highest BCUT2D eigenvalue weighted by Gasteiger charge is 2.27. The first kappa shape index (κ1) is 12.4. The molecule has 1 rings (SSSR count). The van der Waals surface area contributed by atoms with Crippen molar-refractivity contribution in [3.8, 4) is 0 Å². The van der Waals surface area contributed by atoms with Crippen LogP contribution in [0.4, 0.5) is 0 Å². The third-order valence-electron chi connectivity index (χ3n) is 2.52. The van der Waals surface area contributed by atoms with Gasteiger partial charge in [-0.2, -0.15) is 0 Å². The maximum absolute atomic E-state index is 11.5. The number of nitrogens with one attached hydrogen (secondary N) is 1. The van der Waals surface area contributed by atoms with E-state index >= 15 is 0 Å². The van der Waals surface area contributed by atoms with Gasteiger partial charge in [0.15, 0.2) is 9.84 Å². The van der Waals surface area contributed by atoms with Crippen LogP contribution in [0.1, 0.15) is 6.42 Å². The Hall–Kier alpha value is -0.620. The summed E-state index contributed by atoms with van der Waals surface area (Å²) in [6, 6.07) is 0. The molecule has 0 bridgehead atoms. The monoisotopic (exact) mass is 234 g/mol. The molecule has 1 heterocycles. The van der Waals surface area contributed by atoms with E-state index < -0.39 is 9.84 Å². The number of carbonyl (C=O) groups is 1. The van der Waals surface area contributed by atoms with Crippen molar-refractivity contribution in [3.05, 3.63) is 0 Å². The molecule has 0 spiro atoms. The van der Waals surface area contributed by atoms with Crippen molar-refractivity contribution in [1.29, 1.82) is 0 Å². The van der Waals surface area contributed by atoms with Crippen LogP contribution in [0.15, 0.2) is 0 Å². The Morgan fingerprint density at radius 3 is 2.73 bits per heavy atom. The first-order valence-corrected chi connectivity index (χ1v) is 7.08. The van der Waals surface area contributed by atoms with Gasteiger partial charge in [0.1, 0.15) is 5.75 Å². The van der Waals surface area contributed by atoms with Crippen LogP contribution < -0.4 is 5.32 Å². The second-order valence-corrected chi connectivity index (χ2v) is 6.26. The molecule has 0 aromatic rings. The standard InChI is InChI=1S/C9H18N2O3S/c1-10-5-8-3-4-11(6-8)9(12)7-15(2,13)14/h8,10H,3-7H2,1-2H3. The molecule has 5 nitrogen and oxygen atoms in total. The molecule has 1 amide bonds. The molecule has 88 valence electrons. The lowest BCUT2D eigenvalue weighted by molar-refractivity contribution is -0.127. The average Bonchev–Trinajstić information content (AvgIpc) is 2.50. The number of carbonyl (C=O) groups excluding carboxylic acids is 1. The van der Waals surface area contributed by atoms with E-state index in [4.69, 9.17) is 0 Å². The zero-order valence-corrected chi connectivity index (χ0v) is 10.0. The molecule has 0 aromatic heterocycles. The maximum atomic E-state index is 11.5. The number of hydrogen-bond acceptors (Lipinski definition) is 4. The summed E-state index contributed by atoms with van der Waals surface area (Å²) in [7, 11) is -1.32. The fourth-order valence-electron chi connectivity index (χ4n) is 1.83. The first-order chi connectivity index (χ1) is 6.92. The van der Waals surface area contributed by atoms with E-state index in [9.17, 15) is 13.2 Å². The van der Waals surface area contributed by atoms with Crippen LogP contribution in [0, 0.1) is 5.92 Å². The number of amides is 1. The highest BCUT2D eigenvalue weighted by Crippen LogP contribution is 2.15. The Morgan fingerprint density at radius 1 is 1.53 bits per heavy atom. The summed E-state index contributed by atoms with van der Waals surface area (Å²) in [5, 5.41) is 3.06. The maximum Gasteiger partial charge on any atom is 0.237 e. The van der Waals surface area contributed by atoms with E-state index in [0.717, 1.165) is 19.2 Å². The van der Waals surface area contributed by atoms with Crippen LogP contribution in [0.3, 0.4) is 0 Å². The molecule has 0 aliphatic carbocycles. The van der Waals surface area contributed by atoms with E-state index in [-0.39, 0.29) is 11.7 Å². The summed E-state index contributed by atoms with van der Waals surface area (Å²) in [5.41, 5.74) is 0. The lowest BCUT2D eigenvalue weighted by Gasteiger charge is -2.15. The molecule has 1 N–H and O–H groups in total. The molecule has 6 heteroatoms. The number of likely N-dealkylation sites (tertiary alicyclic amines) is 1. The number of sulfone groups is 1. The molecule has 1 aliphatic heterocycles. The van der Waals surface area contributed by atoms with E-state index in [2.05, 4.69) is 5.32 Å². The van der Waals surface area contributed by atoms with E-state index in [1.54, 1.807) is 4.90 Å². The van der Waals surface area contributed by atoms with Crippen molar-refractivity contribution in [2.45, 2.75) is 6.42 Å².